The van der Waals surface area contributed by atoms with Crippen LogP contribution in [0.4, 0.5) is 10.6 Å². The second kappa shape index (κ2) is 6.11. The van der Waals surface area contributed by atoms with Crippen LogP contribution >= 0.6 is 0 Å². The molecule has 6 heteroatoms. The fraction of sp³-hybridized carbons (Fsp3) is 0.533. The van der Waals surface area contributed by atoms with Gasteiger partial charge < -0.3 is 10.3 Å². The largest absolute Gasteiger partial charge is 0.345 e. The molecule has 3 N–H and O–H groups in total. The van der Waals surface area contributed by atoms with Crippen molar-refractivity contribution in [1.29, 1.82) is 0 Å². The Bertz CT molecular complexity index is 623. The molecule has 2 aromatic rings. The van der Waals surface area contributed by atoms with Gasteiger partial charge in [-0.15, -0.1) is 0 Å². The van der Waals surface area contributed by atoms with E-state index in [4.69, 9.17) is 0 Å². The normalized spacial score (nSPS) is 22.1. The van der Waals surface area contributed by atoms with Crippen LogP contribution in [0.1, 0.15) is 39.0 Å². The first-order valence-corrected chi connectivity index (χ1v) is 7.64. The number of carbonyl (C=O) groups is 1. The zero-order valence-electron chi connectivity index (χ0n) is 12.2. The fourth-order valence-electron chi connectivity index (χ4n) is 3.10. The van der Waals surface area contributed by atoms with Crippen LogP contribution in [0.15, 0.2) is 18.5 Å². The number of nitrogens with zero attached hydrogens (tertiary/aromatic N) is 2. The molecular weight excluding hydrogens is 266 g/mol. The van der Waals surface area contributed by atoms with Crippen molar-refractivity contribution in [3.8, 4) is 0 Å². The molecule has 2 atom stereocenters. The van der Waals surface area contributed by atoms with Crippen LogP contribution in [0, 0.1) is 5.92 Å². The van der Waals surface area contributed by atoms with Crippen molar-refractivity contribution in [2.75, 3.05) is 5.32 Å². The number of nitrogens with one attached hydrogen (secondary N) is 3. The van der Waals surface area contributed by atoms with Gasteiger partial charge in [-0.05, 0) is 24.8 Å². The van der Waals surface area contributed by atoms with Gasteiger partial charge in [0.1, 0.15) is 5.52 Å². The first-order valence-electron chi connectivity index (χ1n) is 7.64. The Kier molecular flexibility index (Phi) is 4.03. The van der Waals surface area contributed by atoms with E-state index in [0.717, 1.165) is 24.0 Å². The second-order valence-corrected chi connectivity index (χ2v) is 5.62. The smallest absolute Gasteiger partial charge is 0.320 e. The zero-order chi connectivity index (χ0) is 14.7. The van der Waals surface area contributed by atoms with Gasteiger partial charge in [-0.25, -0.2) is 14.8 Å². The van der Waals surface area contributed by atoms with Gasteiger partial charge in [0.25, 0.3) is 0 Å². The van der Waals surface area contributed by atoms with E-state index >= 15 is 0 Å². The molecule has 1 fully saturated rings. The molecule has 2 aromatic heterocycles. The van der Waals surface area contributed by atoms with Crippen molar-refractivity contribution in [2.24, 2.45) is 5.92 Å². The fourth-order valence-corrected chi connectivity index (χ4v) is 3.10. The van der Waals surface area contributed by atoms with Crippen LogP contribution in [0.25, 0.3) is 11.2 Å². The minimum Gasteiger partial charge on any atom is -0.345 e. The number of carbonyl (C=O) groups excluding carboxylic acids is 1. The molecule has 0 aliphatic heterocycles. The number of amides is 2. The molecular formula is C15H21N5O. The van der Waals surface area contributed by atoms with Gasteiger partial charge in [0.2, 0.25) is 0 Å². The first kappa shape index (κ1) is 13.9. The van der Waals surface area contributed by atoms with E-state index in [9.17, 15) is 4.79 Å². The van der Waals surface area contributed by atoms with Crippen molar-refractivity contribution < 1.29 is 4.79 Å². The van der Waals surface area contributed by atoms with Crippen molar-refractivity contribution in [3.05, 3.63) is 18.5 Å². The summed E-state index contributed by atoms with van der Waals surface area (Å²) >= 11 is 0. The zero-order valence-corrected chi connectivity index (χ0v) is 12.2. The molecule has 0 radical (unpaired) electrons. The molecule has 1 aliphatic rings. The van der Waals surface area contributed by atoms with Crippen molar-refractivity contribution >= 4 is 23.0 Å². The molecule has 3 rings (SSSR count). The van der Waals surface area contributed by atoms with Gasteiger partial charge in [-0.2, -0.15) is 0 Å². The molecule has 6 nitrogen and oxygen atoms in total. The Labute approximate surface area is 123 Å². The summed E-state index contributed by atoms with van der Waals surface area (Å²) in [6, 6.07) is 1.91. The Hall–Kier alpha value is -2.11. The molecule has 112 valence electrons. The number of rotatable bonds is 3. The Morgan fingerprint density at radius 1 is 1.43 bits per heavy atom. The third kappa shape index (κ3) is 3.15. The van der Waals surface area contributed by atoms with Crippen molar-refractivity contribution in [3.63, 3.8) is 0 Å². The Balaban J connectivity index is 1.62. The molecule has 1 saturated carbocycles. The van der Waals surface area contributed by atoms with Crippen molar-refractivity contribution in [1.82, 2.24) is 20.3 Å². The summed E-state index contributed by atoms with van der Waals surface area (Å²) < 4.78 is 0. The van der Waals surface area contributed by atoms with Crippen LogP contribution in [0.5, 0.6) is 0 Å². The van der Waals surface area contributed by atoms with E-state index in [2.05, 4.69) is 32.5 Å². The topological polar surface area (TPSA) is 82.7 Å². The maximum Gasteiger partial charge on any atom is 0.320 e. The molecule has 21 heavy (non-hydrogen) atoms. The van der Waals surface area contributed by atoms with E-state index in [1.165, 1.54) is 19.3 Å². The SMILES string of the molecule is CC[C@H]1CCCC[C@H]1NC(=O)Nc1cnc2[nH]ccc2n1. The van der Waals surface area contributed by atoms with E-state index in [-0.39, 0.29) is 12.1 Å². The number of aromatic amines is 1. The predicted molar refractivity (Wildman–Crippen MR) is 82.1 cm³/mol. The molecule has 2 heterocycles. The summed E-state index contributed by atoms with van der Waals surface area (Å²) in [5.41, 5.74) is 1.47. The van der Waals surface area contributed by atoms with Gasteiger partial charge in [-0.3, -0.25) is 5.32 Å². The highest BCUT2D eigenvalue weighted by Crippen LogP contribution is 2.26. The summed E-state index contributed by atoms with van der Waals surface area (Å²) in [5, 5.41) is 5.86. The highest BCUT2D eigenvalue weighted by atomic mass is 16.2. The van der Waals surface area contributed by atoms with E-state index < -0.39 is 0 Å². The van der Waals surface area contributed by atoms with Gasteiger partial charge in [0.15, 0.2) is 11.5 Å². The lowest BCUT2D eigenvalue weighted by Crippen LogP contribution is -2.44. The lowest BCUT2D eigenvalue weighted by Gasteiger charge is -2.31. The summed E-state index contributed by atoms with van der Waals surface area (Å²) in [5.74, 6) is 1.06. The monoisotopic (exact) mass is 287 g/mol. The molecule has 0 aromatic carbocycles. The third-order valence-corrected chi connectivity index (χ3v) is 4.25. The molecule has 0 bridgehead atoms. The van der Waals surface area contributed by atoms with Gasteiger partial charge in [-0.1, -0.05) is 26.2 Å². The first-order chi connectivity index (χ1) is 10.3. The maximum absolute atomic E-state index is 12.1. The number of hydrogen-bond acceptors (Lipinski definition) is 3. The molecule has 1 aliphatic carbocycles. The predicted octanol–water partition coefficient (Wildman–Crippen LogP) is 3.05. The number of aromatic nitrogens is 3. The maximum atomic E-state index is 12.1. The van der Waals surface area contributed by atoms with E-state index in [0.29, 0.717) is 11.7 Å². The number of H-pyrrole nitrogens is 1. The van der Waals surface area contributed by atoms with E-state index in [1.807, 2.05) is 6.07 Å². The minimum atomic E-state index is -0.190. The minimum absolute atomic E-state index is 0.190. The average Bonchev–Trinajstić information content (AvgIpc) is 2.95. The number of hydrogen-bond donors (Lipinski definition) is 3. The average molecular weight is 287 g/mol. The summed E-state index contributed by atoms with van der Waals surface area (Å²) in [6.45, 7) is 2.19. The second-order valence-electron chi connectivity index (χ2n) is 5.62. The number of urea groups is 1. The third-order valence-electron chi connectivity index (χ3n) is 4.25. The number of anilines is 1. The van der Waals surface area contributed by atoms with E-state index in [1.54, 1.807) is 12.4 Å². The van der Waals surface area contributed by atoms with Gasteiger partial charge >= 0.3 is 6.03 Å². The molecule has 0 saturated heterocycles. The van der Waals surface area contributed by atoms with Gasteiger partial charge in [0, 0.05) is 12.2 Å². The highest BCUT2D eigenvalue weighted by molar-refractivity contribution is 5.89. The highest BCUT2D eigenvalue weighted by Gasteiger charge is 2.25. The molecule has 0 spiro atoms. The van der Waals surface area contributed by atoms with Crippen LogP contribution in [-0.2, 0) is 0 Å². The van der Waals surface area contributed by atoms with Crippen LogP contribution in [-0.4, -0.2) is 27.0 Å². The lowest BCUT2D eigenvalue weighted by atomic mass is 9.83. The summed E-state index contributed by atoms with van der Waals surface area (Å²) in [7, 11) is 0. The Morgan fingerprint density at radius 3 is 3.14 bits per heavy atom. The molecule has 0 unspecified atom stereocenters. The standard InChI is InChI=1S/C15H21N5O/c1-2-10-5-3-4-6-11(10)19-15(21)20-13-9-17-14-12(18-13)7-8-16-14/h7-11H,2-6H2,1H3,(H,16,17)(H2,18,19,20,21)/t10-,11+/m0/s1. The lowest BCUT2D eigenvalue weighted by molar-refractivity contribution is 0.225. The summed E-state index contributed by atoms with van der Waals surface area (Å²) in [6.07, 6.45) is 9.19. The van der Waals surface area contributed by atoms with Gasteiger partial charge in [0.05, 0.1) is 6.20 Å². The van der Waals surface area contributed by atoms with Crippen LogP contribution in [0.2, 0.25) is 0 Å². The summed E-state index contributed by atoms with van der Waals surface area (Å²) in [4.78, 5) is 23.6. The van der Waals surface area contributed by atoms with Crippen LogP contribution < -0.4 is 10.6 Å². The molecule has 2 amide bonds. The number of fused-ring (bicyclic) bond motifs is 1. The Morgan fingerprint density at radius 2 is 2.29 bits per heavy atom. The van der Waals surface area contributed by atoms with Crippen molar-refractivity contribution in [2.45, 2.75) is 45.1 Å². The quantitative estimate of drug-likeness (QED) is 0.811. The van der Waals surface area contributed by atoms with Crippen LogP contribution in [0.3, 0.4) is 0 Å².